The van der Waals surface area contributed by atoms with E-state index in [2.05, 4.69) is 0 Å². The van der Waals surface area contributed by atoms with Crippen LogP contribution >= 0.6 is 0 Å². The number of carbonyl (C=O) groups is 1. The van der Waals surface area contributed by atoms with Crippen LogP contribution in [0.2, 0.25) is 0 Å². The van der Waals surface area contributed by atoms with Crippen LogP contribution in [0.1, 0.15) is 15.9 Å². The van der Waals surface area contributed by atoms with Crippen LogP contribution in [0.4, 0.5) is 5.69 Å². The molecule has 0 radical (unpaired) electrons. The first-order chi connectivity index (χ1) is 9.47. The molecule has 20 heavy (non-hydrogen) atoms. The lowest BCUT2D eigenvalue weighted by atomic mass is 10.1. The Bertz CT molecular complexity index is 718. The third-order valence-corrected chi connectivity index (χ3v) is 2.72. The highest BCUT2D eigenvalue weighted by Crippen LogP contribution is 2.08. The molecule has 0 unspecified atom stereocenters. The van der Waals surface area contributed by atoms with Crippen molar-refractivity contribution >= 4 is 11.7 Å². The van der Waals surface area contributed by atoms with Crippen molar-refractivity contribution < 1.29 is 14.8 Å². The zero-order valence-corrected chi connectivity index (χ0v) is 10.2. The minimum atomic E-state index is -1.02. The van der Waals surface area contributed by atoms with Gasteiger partial charge in [-0.2, -0.15) is 0 Å². The van der Waals surface area contributed by atoms with Crippen molar-refractivity contribution in [3.63, 3.8) is 0 Å². The van der Waals surface area contributed by atoms with E-state index in [4.69, 9.17) is 5.11 Å². The summed E-state index contributed by atoms with van der Waals surface area (Å²) in [5.74, 6) is -1.02. The molecule has 0 atom stereocenters. The van der Waals surface area contributed by atoms with Crippen LogP contribution in [0.15, 0.2) is 47.5 Å². The van der Waals surface area contributed by atoms with Crippen molar-refractivity contribution in [1.82, 2.24) is 4.57 Å². The van der Waals surface area contributed by atoms with E-state index in [1.165, 1.54) is 22.9 Å². The van der Waals surface area contributed by atoms with Gasteiger partial charge in [0.2, 0.25) is 0 Å². The first kappa shape index (κ1) is 13.5. The SMILES string of the molecule is O=C(O)c1ccc(Cn2ccc(=O)c([N+](=O)[O-])c2)cc1. The highest BCUT2D eigenvalue weighted by Gasteiger charge is 2.11. The van der Waals surface area contributed by atoms with Crippen LogP contribution in [0, 0.1) is 10.1 Å². The average molecular weight is 274 g/mol. The minimum absolute atomic E-state index is 0.166. The largest absolute Gasteiger partial charge is 0.478 e. The van der Waals surface area contributed by atoms with Gasteiger partial charge in [0, 0.05) is 18.8 Å². The number of nitro groups is 1. The van der Waals surface area contributed by atoms with Crippen LogP contribution in [-0.4, -0.2) is 20.6 Å². The summed E-state index contributed by atoms with van der Waals surface area (Å²) in [5, 5.41) is 19.5. The summed E-state index contributed by atoms with van der Waals surface area (Å²) in [7, 11) is 0. The molecule has 0 aliphatic rings. The molecule has 0 amide bonds. The first-order valence-corrected chi connectivity index (χ1v) is 5.64. The molecule has 1 aromatic heterocycles. The Kier molecular flexibility index (Phi) is 3.60. The summed E-state index contributed by atoms with van der Waals surface area (Å²) in [6.45, 7) is 0.307. The summed E-state index contributed by atoms with van der Waals surface area (Å²) in [5.41, 5.74) is -0.199. The maximum Gasteiger partial charge on any atom is 0.335 e. The molecule has 2 rings (SSSR count). The number of nitrogens with zero attached hydrogens (tertiary/aromatic N) is 2. The number of benzene rings is 1. The van der Waals surface area contributed by atoms with Crippen LogP contribution in [0.25, 0.3) is 0 Å². The number of carboxylic acids is 1. The van der Waals surface area contributed by atoms with Crippen molar-refractivity contribution in [1.29, 1.82) is 0 Å². The lowest BCUT2D eigenvalue weighted by molar-refractivity contribution is -0.386. The number of hydrogen-bond acceptors (Lipinski definition) is 4. The molecule has 0 saturated carbocycles. The first-order valence-electron chi connectivity index (χ1n) is 5.64. The Labute approximate surface area is 112 Å². The van der Waals surface area contributed by atoms with E-state index in [1.54, 1.807) is 12.1 Å². The van der Waals surface area contributed by atoms with Crippen LogP contribution in [-0.2, 0) is 6.54 Å². The van der Waals surface area contributed by atoms with Crippen molar-refractivity contribution in [3.05, 3.63) is 74.2 Å². The third-order valence-electron chi connectivity index (χ3n) is 2.72. The molecule has 7 nitrogen and oxygen atoms in total. The zero-order valence-electron chi connectivity index (χ0n) is 10.2. The molecule has 0 aliphatic carbocycles. The van der Waals surface area contributed by atoms with E-state index in [9.17, 15) is 19.7 Å². The lowest BCUT2D eigenvalue weighted by Gasteiger charge is -2.06. The van der Waals surface area contributed by atoms with E-state index in [0.29, 0.717) is 6.54 Å². The fourth-order valence-corrected chi connectivity index (χ4v) is 1.71. The normalized spacial score (nSPS) is 10.2. The average Bonchev–Trinajstić information content (AvgIpc) is 2.41. The fraction of sp³-hybridized carbons (Fsp3) is 0.0769. The van der Waals surface area contributed by atoms with Crippen LogP contribution in [0.5, 0.6) is 0 Å². The molecule has 0 aliphatic heterocycles. The van der Waals surface area contributed by atoms with Gasteiger partial charge in [-0.3, -0.25) is 14.9 Å². The van der Waals surface area contributed by atoms with Gasteiger partial charge >= 0.3 is 11.7 Å². The van der Waals surface area contributed by atoms with Gasteiger partial charge in [0.15, 0.2) is 0 Å². The van der Waals surface area contributed by atoms with E-state index in [0.717, 1.165) is 17.8 Å². The minimum Gasteiger partial charge on any atom is -0.478 e. The lowest BCUT2D eigenvalue weighted by Crippen LogP contribution is -2.11. The molecule has 1 aromatic carbocycles. The van der Waals surface area contributed by atoms with Crippen molar-refractivity contribution in [3.8, 4) is 0 Å². The number of rotatable bonds is 4. The fourth-order valence-electron chi connectivity index (χ4n) is 1.71. The Balaban J connectivity index is 2.26. The van der Waals surface area contributed by atoms with E-state index >= 15 is 0 Å². The zero-order chi connectivity index (χ0) is 14.7. The van der Waals surface area contributed by atoms with Gasteiger partial charge in [-0.05, 0) is 17.7 Å². The quantitative estimate of drug-likeness (QED) is 0.672. The molecule has 2 aromatic rings. The number of hydrogen-bond donors (Lipinski definition) is 1. The van der Waals surface area contributed by atoms with Crippen LogP contribution < -0.4 is 5.43 Å². The maximum atomic E-state index is 11.3. The summed E-state index contributed by atoms with van der Waals surface area (Å²) in [6.07, 6.45) is 2.61. The second-order valence-electron chi connectivity index (χ2n) is 4.13. The van der Waals surface area contributed by atoms with Gasteiger partial charge in [-0.1, -0.05) is 12.1 Å². The van der Waals surface area contributed by atoms with Gasteiger partial charge in [0.05, 0.1) is 16.7 Å². The van der Waals surface area contributed by atoms with Crippen LogP contribution in [0.3, 0.4) is 0 Å². The summed E-state index contributed by atoms with van der Waals surface area (Å²) in [4.78, 5) is 31.9. The Morgan fingerprint density at radius 2 is 1.90 bits per heavy atom. The molecular weight excluding hydrogens is 264 g/mol. The molecule has 0 saturated heterocycles. The van der Waals surface area contributed by atoms with Crippen molar-refractivity contribution in [2.24, 2.45) is 0 Å². The summed E-state index contributed by atoms with van der Waals surface area (Å²) in [6, 6.07) is 7.27. The topological polar surface area (TPSA) is 102 Å². The molecule has 0 spiro atoms. The molecule has 7 heteroatoms. The van der Waals surface area contributed by atoms with Crippen molar-refractivity contribution in [2.75, 3.05) is 0 Å². The molecule has 1 heterocycles. The van der Waals surface area contributed by atoms with Gasteiger partial charge in [-0.15, -0.1) is 0 Å². The molecule has 1 N–H and O–H groups in total. The Morgan fingerprint density at radius 3 is 2.45 bits per heavy atom. The third kappa shape index (κ3) is 2.89. The predicted octanol–water partition coefficient (Wildman–Crippen LogP) is 1.50. The van der Waals surface area contributed by atoms with E-state index in [1.807, 2.05) is 0 Å². The number of aromatic nitrogens is 1. The number of carboxylic acid groups (broad SMARTS) is 1. The number of pyridine rings is 1. The van der Waals surface area contributed by atoms with E-state index < -0.39 is 22.0 Å². The summed E-state index contributed by atoms with van der Waals surface area (Å²) >= 11 is 0. The van der Waals surface area contributed by atoms with E-state index in [-0.39, 0.29) is 5.56 Å². The molecular formula is C13H10N2O5. The predicted molar refractivity (Wildman–Crippen MR) is 69.9 cm³/mol. The van der Waals surface area contributed by atoms with Gasteiger partial charge in [0.25, 0.3) is 5.43 Å². The van der Waals surface area contributed by atoms with Gasteiger partial charge in [0.1, 0.15) is 0 Å². The highest BCUT2D eigenvalue weighted by atomic mass is 16.6. The second kappa shape index (κ2) is 5.35. The standard InChI is InChI=1S/C13H10N2O5/c16-12-5-6-14(8-11(12)15(19)20)7-9-1-3-10(4-2-9)13(17)18/h1-6,8H,7H2,(H,17,18). The Hall–Kier alpha value is -2.96. The number of aromatic carboxylic acids is 1. The molecule has 0 fully saturated rings. The molecule has 102 valence electrons. The monoisotopic (exact) mass is 274 g/mol. The van der Waals surface area contributed by atoms with Gasteiger partial charge < -0.3 is 9.67 Å². The maximum absolute atomic E-state index is 11.3. The van der Waals surface area contributed by atoms with Gasteiger partial charge in [-0.25, -0.2) is 4.79 Å². The summed E-state index contributed by atoms with van der Waals surface area (Å²) < 4.78 is 1.50. The Morgan fingerprint density at radius 1 is 1.25 bits per heavy atom. The molecule has 0 bridgehead atoms. The second-order valence-corrected chi connectivity index (χ2v) is 4.13. The highest BCUT2D eigenvalue weighted by molar-refractivity contribution is 5.87. The van der Waals surface area contributed by atoms with Crippen molar-refractivity contribution in [2.45, 2.75) is 6.54 Å². The smallest absolute Gasteiger partial charge is 0.335 e.